The molecule has 16 heavy (non-hydrogen) atoms. The van der Waals surface area contributed by atoms with Crippen molar-refractivity contribution in [2.45, 2.75) is 19.4 Å². The molecule has 0 aliphatic rings. The Kier molecular flexibility index (Phi) is 3.41. The van der Waals surface area contributed by atoms with Crippen LogP contribution in [0.15, 0.2) is 35.2 Å². The molecule has 0 radical (unpaired) electrons. The van der Waals surface area contributed by atoms with Crippen LogP contribution >= 0.6 is 11.3 Å². The molecule has 0 aliphatic heterocycles. The van der Waals surface area contributed by atoms with E-state index in [9.17, 15) is 0 Å². The number of rotatable bonds is 4. The number of nitrogens with zero attached hydrogens (tertiary/aromatic N) is 1. The Morgan fingerprint density at radius 2 is 2.38 bits per heavy atom. The molecule has 3 N–H and O–H groups in total. The lowest BCUT2D eigenvalue weighted by Gasteiger charge is -2.13. The number of nitrogens with two attached hydrogens (primary N) is 1. The maximum Gasteiger partial charge on any atom is 0.128 e. The molecule has 0 aromatic carbocycles. The summed E-state index contributed by atoms with van der Waals surface area (Å²) in [6, 6.07) is 6.14. The van der Waals surface area contributed by atoms with Gasteiger partial charge in [-0.3, -0.25) is 0 Å². The highest BCUT2D eigenvalue weighted by Crippen LogP contribution is 2.13. The van der Waals surface area contributed by atoms with Gasteiger partial charge in [0.05, 0.1) is 0 Å². The number of aromatic nitrogens is 1. The van der Waals surface area contributed by atoms with Crippen LogP contribution in [0.1, 0.15) is 12.5 Å². The number of pyridine rings is 1. The first-order chi connectivity index (χ1) is 7.74. The zero-order chi connectivity index (χ0) is 11.4. The van der Waals surface area contributed by atoms with Crippen molar-refractivity contribution in [3.63, 3.8) is 0 Å². The summed E-state index contributed by atoms with van der Waals surface area (Å²) in [5.41, 5.74) is 7.78. The van der Waals surface area contributed by atoms with Crippen LogP contribution < -0.4 is 11.1 Å². The van der Waals surface area contributed by atoms with Crippen LogP contribution in [0.4, 0.5) is 11.5 Å². The van der Waals surface area contributed by atoms with Gasteiger partial charge in [0, 0.05) is 24.0 Å². The third-order valence-corrected chi connectivity index (χ3v) is 3.03. The highest BCUT2D eigenvalue weighted by atomic mass is 32.1. The number of hydrogen-bond acceptors (Lipinski definition) is 4. The molecule has 2 aromatic heterocycles. The van der Waals surface area contributed by atoms with Gasteiger partial charge in [-0.15, -0.1) is 0 Å². The van der Waals surface area contributed by atoms with Gasteiger partial charge >= 0.3 is 0 Å². The summed E-state index contributed by atoms with van der Waals surface area (Å²) >= 11 is 1.73. The molecule has 84 valence electrons. The predicted octanol–water partition coefficient (Wildman–Crippen LogP) is 2.77. The number of hydrogen-bond donors (Lipinski definition) is 2. The summed E-state index contributed by atoms with van der Waals surface area (Å²) in [4.78, 5) is 4.22. The normalized spacial score (nSPS) is 12.3. The summed E-state index contributed by atoms with van der Waals surface area (Å²) in [5, 5.41) is 7.60. The second-order valence-electron chi connectivity index (χ2n) is 3.86. The maximum atomic E-state index is 5.69. The summed E-state index contributed by atoms with van der Waals surface area (Å²) in [6.45, 7) is 2.14. The smallest absolute Gasteiger partial charge is 0.128 e. The molecular weight excluding hydrogens is 218 g/mol. The summed E-state index contributed by atoms with van der Waals surface area (Å²) in [7, 11) is 0. The third-order valence-electron chi connectivity index (χ3n) is 2.30. The van der Waals surface area contributed by atoms with E-state index in [1.807, 2.05) is 6.07 Å². The molecule has 0 amide bonds. The van der Waals surface area contributed by atoms with Gasteiger partial charge in [-0.2, -0.15) is 11.3 Å². The van der Waals surface area contributed by atoms with E-state index in [2.05, 4.69) is 34.1 Å². The van der Waals surface area contributed by atoms with Crippen LogP contribution in [-0.2, 0) is 6.42 Å². The Bertz CT molecular complexity index is 439. The van der Waals surface area contributed by atoms with Gasteiger partial charge in [0.15, 0.2) is 0 Å². The highest BCUT2D eigenvalue weighted by molar-refractivity contribution is 7.07. The van der Waals surface area contributed by atoms with Crippen LogP contribution in [0.2, 0.25) is 0 Å². The van der Waals surface area contributed by atoms with Crippen LogP contribution in [0.25, 0.3) is 0 Å². The van der Waals surface area contributed by atoms with E-state index in [4.69, 9.17) is 5.73 Å². The molecule has 0 spiro atoms. The van der Waals surface area contributed by atoms with E-state index in [0.717, 1.165) is 17.9 Å². The van der Waals surface area contributed by atoms with Gasteiger partial charge in [-0.1, -0.05) is 0 Å². The molecule has 0 saturated heterocycles. The summed E-state index contributed by atoms with van der Waals surface area (Å²) in [6.07, 6.45) is 2.72. The minimum absolute atomic E-state index is 0.351. The highest BCUT2D eigenvalue weighted by Gasteiger charge is 2.04. The predicted molar refractivity (Wildman–Crippen MR) is 69.8 cm³/mol. The van der Waals surface area contributed by atoms with E-state index < -0.39 is 0 Å². The third kappa shape index (κ3) is 2.97. The fraction of sp³-hybridized carbons (Fsp3) is 0.250. The van der Waals surface area contributed by atoms with Gasteiger partial charge in [0.25, 0.3) is 0 Å². The van der Waals surface area contributed by atoms with Crippen LogP contribution in [0.5, 0.6) is 0 Å². The van der Waals surface area contributed by atoms with Crippen LogP contribution in [0.3, 0.4) is 0 Å². The summed E-state index contributed by atoms with van der Waals surface area (Å²) < 4.78 is 0. The fourth-order valence-corrected chi connectivity index (χ4v) is 2.27. The zero-order valence-electron chi connectivity index (χ0n) is 9.18. The van der Waals surface area contributed by atoms with Crippen molar-refractivity contribution in [2.24, 2.45) is 0 Å². The Labute approximate surface area is 99.3 Å². The first-order valence-corrected chi connectivity index (χ1v) is 6.17. The maximum absolute atomic E-state index is 5.69. The fourth-order valence-electron chi connectivity index (χ4n) is 1.59. The molecule has 2 aromatic rings. The largest absolute Gasteiger partial charge is 0.399 e. The summed E-state index contributed by atoms with van der Waals surface area (Å²) in [5.74, 6) is 0.836. The quantitative estimate of drug-likeness (QED) is 0.853. The standard InChI is InChI=1S/C12H15N3S/c1-9(6-10-3-5-16-8-10)15-12-7-11(13)2-4-14-12/h2-5,7-9H,6H2,1H3,(H3,13,14,15). The Hall–Kier alpha value is -1.55. The Morgan fingerprint density at radius 1 is 1.50 bits per heavy atom. The molecule has 3 nitrogen and oxygen atoms in total. The SMILES string of the molecule is CC(Cc1ccsc1)Nc1cc(N)ccn1. The monoisotopic (exact) mass is 233 g/mol. The van der Waals surface area contributed by atoms with Crippen molar-refractivity contribution >= 4 is 22.8 Å². The average molecular weight is 233 g/mol. The lowest BCUT2D eigenvalue weighted by Crippen LogP contribution is -2.18. The van der Waals surface area contributed by atoms with Gasteiger partial charge in [0.2, 0.25) is 0 Å². The molecule has 2 rings (SSSR count). The first kappa shape index (κ1) is 11.0. The average Bonchev–Trinajstić information content (AvgIpc) is 2.70. The Morgan fingerprint density at radius 3 is 3.06 bits per heavy atom. The topological polar surface area (TPSA) is 50.9 Å². The van der Waals surface area contributed by atoms with Crippen molar-refractivity contribution in [2.75, 3.05) is 11.1 Å². The van der Waals surface area contributed by atoms with E-state index in [1.54, 1.807) is 23.6 Å². The molecular formula is C12H15N3S. The van der Waals surface area contributed by atoms with Crippen molar-refractivity contribution < 1.29 is 0 Å². The molecule has 0 bridgehead atoms. The second kappa shape index (κ2) is 4.99. The van der Waals surface area contributed by atoms with E-state index >= 15 is 0 Å². The van der Waals surface area contributed by atoms with Crippen molar-refractivity contribution in [3.05, 3.63) is 40.7 Å². The first-order valence-electron chi connectivity index (χ1n) is 5.23. The van der Waals surface area contributed by atoms with Gasteiger partial charge in [-0.25, -0.2) is 4.98 Å². The van der Waals surface area contributed by atoms with Crippen molar-refractivity contribution in [1.29, 1.82) is 0 Å². The van der Waals surface area contributed by atoms with Gasteiger partial charge in [0.1, 0.15) is 5.82 Å². The minimum atomic E-state index is 0.351. The molecule has 0 saturated carbocycles. The van der Waals surface area contributed by atoms with E-state index in [0.29, 0.717) is 6.04 Å². The van der Waals surface area contributed by atoms with E-state index in [1.165, 1.54) is 5.56 Å². The molecule has 1 atom stereocenters. The van der Waals surface area contributed by atoms with Crippen LogP contribution in [0, 0.1) is 0 Å². The van der Waals surface area contributed by atoms with E-state index in [-0.39, 0.29) is 0 Å². The lowest BCUT2D eigenvalue weighted by molar-refractivity contribution is 0.787. The molecule has 0 fully saturated rings. The minimum Gasteiger partial charge on any atom is -0.399 e. The zero-order valence-corrected chi connectivity index (χ0v) is 10.00. The lowest BCUT2D eigenvalue weighted by atomic mass is 10.1. The molecule has 0 aliphatic carbocycles. The number of thiophene rings is 1. The molecule has 2 heterocycles. The van der Waals surface area contributed by atoms with Crippen LogP contribution in [-0.4, -0.2) is 11.0 Å². The van der Waals surface area contributed by atoms with Gasteiger partial charge in [-0.05, 0) is 41.8 Å². The molecule has 4 heteroatoms. The van der Waals surface area contributed by atoms with Crippen molar-refractivity contribution in [1.82, 2.24) is 4.98 Å². The Balaban J connectivity index is 1.94. The second-order valence-corrected chi connectivity index (χ2v) is 4.64. The number of anilines is 2. The van der Waals surface area contributed by atoms with Crippen molar-refractivity contribution in [3.8, 4) is 0 Å². The molecule has 1 unspecified atom stereocenters. The number of nitrogen functional groups attached to an aromatic ring is 1. The number of nitrogens with one attached hydrogen (secondary N) is 1. The van der Waals surface area contributed by atoms with Gasteiger partial charge < -0.3 is 11.1 Å².